The maximum absolute atomic E-state index is 12.4. The molecule has 6 heteroatoms. The summed E-state index contributed by atoms with van der Waals surface area (Å²) in [5, 5.41) is 2.90. The smallest absolute Gasteiger partial charge is 0.330 e. The van der Waals surface area contributed by atoms with Gasteiger partial charge in [-0.3, -0.25) is 0 Å². The molecule has 1 unspecified atom stereocenters. The van der Waals surface area contributed by atoms with Gasteiger partial charge in [0.25, 0.3) is 0 Å². The number of terminal acetylenes is 1. The third kappa shape index (κ3) is 5.93. The zero-order valence-corrected chi connectivity index (χ0v) is 8.98. The number of hydrogen-bond donors (Lipinski definition) is 1. The summed E-state index contributed by atoms with van der Waals surface area (Å²) in [4.78, 5) is 0. The molecule has 2 nitrogen and oxygen atoms in total. The zero-order chi connectivity index (χ0) is 12.6. The van der Waals surface area contributed by atoms with Gasteiger partial charge in [0, 0.05) is 12.5 Å². The Bertz CT molecular complexity index is 227. The molecule has 0 spiro atoms. The average Bonchev–Trinajstić information content (AvgIpc) is 2.17. The standard InChI is InChI=1S/C10H15F4NO/c1-3-5-8(15-4-2)6-16-7-10(13,14)9(11)12/h1,8-9,15H,4-7H2,2H3. The number of rotatable bonds is 8. The second-order valence-corrected chi connectivity index (χ2v) is 3.24. The third-order valence-corrected chi connectivity index (χ3v) is 1.79. The van der Waals surface area contributed by atoms with Gasteiger partial charge in [0.05, 0.1) is 6.61 Å². The van der Waals surface area contributed by atoms with Gasteiger partial charge in [-0.15, -0.1) is 12.3 Å². The van der Waals surface area contributed by atoms with E-state index >= 15 is 0 Å². The van der Waals surface area contributed by atoms with E-state index in [1.165, 1.54) is 0 Å². The van der Waals surface area contributed by atoms with Crippen LogP contribution >= 0.6 is 0 Å². The summed E-state index contributed by atoms with van der Waals surface area (Å²) in [6.07, 6.45) is 1.64. The van der Waals surface area contributed by atoms with Crippen LogP contribution in [0.3, 0.4) is 0 Å². The van der Waals surface area contributed by atoms with Crippen LogP contribution in [0.2, 0.25) is 0 Å². The third-order valence-electron chi connectivity index (χ3n) is 1.79. The summed E-state index contributed by atoms with van der Waals surface area (Å²) >= 11 is 0. The van der Waals surface area contributed by atoms with Crippen LogP contribution in [0.5, 0.6) is 0 Å². The molecule has 0 aliphatic rings. The van der Waals surface area contributed by atoms with Crippen LogP contribution in [0.1, 0.15) is 13.3 Å². The summed E-state index contributed by atoms with van der Waals surface area (Å²) in [5.41, 5.74) is 0. The first-order valence-electron chi connectivity index (χ1n) is 4.84. The van der Waals surface area contributed by atoms with E-state index < -0.39 is 19.0 Å². The van der Waals surface area contributed by atoms with E-state index in [9.17, 15) is 17.6 Å². The van der Waals surface area contributed by atoms with Crippen molar-refractivity contribution < 1.29 is 22.3 Å². The molecule has 0 fully saturated rings. The highest BCUT2D eigenvalue weighted by Crippen LogP contribution is 2.22. The molecule has 0 aliphatic heterocycles. The minimum absolute atomic E-state index is 0.111. The van der Waals surface area contributed by atoms with Gasteiger partial charge >= 0.3 is 12.3 Å². The van der Waals surface area contributed by atoms with E-state index in [4.69, 9.17) is 6.42 Å². The molecular formula is C10H15F4NO. The van der Waals surface area contributed by atoms with Crippen molar-refractivity contribution in [1.29, 1.82) is 0 Å². The Morgan fingerprint density at radius 3 is 2.50 bits per heavy atom. The molecule has 16 heavy (non-hydrogen) atoms. The molecule has 0 amide bonds. The molecule has 94 valence electrons. The van der Waals surface area contributed by atoms with Crippen LogP contribution in [0, 0.1) is 12.3 Å². The summed E-state index contributed by atoms with van der Waals surface area (Å²) in [5.74, 6) is -1.76. The summed E-state index contributed by atoms with van der Waals surface area (Å²) in [6, 6.07) is -0.288. The fourth-order valence-electron chi connectivity index (χ4n) is 1.02. The minimum Gasteiger partial charge on any atom is -0.373 e. The van der Waals surface area contributed by atoms with E-state index in [0.717, 1.165) is 0 Å². The van der Waals surface area contributed by atoms with Crippen LogP contribution < -0.4 is 5.32 Å². The van der Waals surface area contributed by atoms with E-state index in [1.54, 1.807) is 0 Å². The molecule has 0 aromatic heterocycles. The van der Waals surface area contributed by atoms with Crippen molar-refractivity contribution in [2.45, 2.75) is 31.7 Å². The highest BCUT2D eigenvalue weighted by molar-refractivity contribution is 4.89. The predicted octanol–water partition coefficient (Wildman–Crippen LogP) is 1.90. The lowest BCUT2D eigenvalue weighted by atomic mass is 10.2. The topological polar surface area (TPSA) is 21.3 Å². The van der Waals surface area contributed by atoms with Gasteiger partial charge in [-0.05, 0) is 6.54 Å². The quantitative estimate of drug-likeness (QED) is 0.517. The number of hydrogen-bond acceptors (Lipinski definition) is 2. The Hall–Kier alpha value is -0.800. The SMILES string of the molecule is C#CCC(COCC(F)(F)C(F)F)NCC. The molecule has 0 radical (unpaired) electrons. The normalized spacial score (nSPS) is 13.8. The summed E-state index contributed by atoms with van der Waals surface area (Å²) in [7, 11) is 0. The molecule has 0 bridgehead atoms. The van der Waals surface area contributed by atoms with Crippen LogP contribution in [-0.2, 0) is 4.74 Å². The lowest BCUT2D eigenvalue weighted by Crippen LogP contribution is -2.37. The highest BCUT2D eigenvalue weighted by Gasteiger charge is 2.41. The molecule has 1 atom stereocenters. The molecule has 0 aromatic carbocycles. The van der Waals surface area contributed by atoms with E-state index in [1.807, 2.05) is 6.92 Å². The first-order valence-corrected chi connectivity index (χ1v) is 4.84. The van der Waals surface area contributed by atoms with Gasteiger partial charge in [0.1, 0.15) is 6.61 Å². The number of alkyl halides is 4. The molecule has 0 aliphatic carbocycles. The van der Waals surface area contributed by atoms with Gasteiger partial charge in [-0.2, -0.15) is 8.78 Å². The zero-order valence-electron chi connectivity index (χ0n) is 8.98. The largest absolute Gasteiger partial charge is 0.373 e. The van der Waals surface area contributed by atoms with Gasteiger partial charge in [-0.25, -0.2) is 8.78 Å². The Labute approximate surface area is 92.3 Å². The lowest BCUT2D eigenvalue weighted by molar-refractivity contribution is -0.166. The van der Waals surface area contributed by atoms with Crippen LogP contribution in [-0.4, -0.2) is 38.1 Å². The van der Waals surface area contributed by atoms with Crippen molar-refractivity contribution in [3.05, 3.63) is 0 Å². The molecule has 1 N–H and O–H groups in total. The molecule has 0 aromatic rings. The fraction of sp³-hybridized carbons (Fsp3) is 0.800. The first-order chi connectivity index (χ1) is 7.44. The van der Waals surface area contributed by atoms with Crippen molar-refractivity contribution in [1.82, 2.24) is 5.32 Å². The number of likely N-dealkylation sites (N-methyl/N-ethyl adjacent to an activating group) is 1. The average molecular weight is 241 g/mol. The number of halogens is 4. The first kappa shape index (κ1) is 15.2. The maximum Gasteiger partial charge on any atom is 0.330 e. The predicted molar refractivity (Wildman–Crippen MR) is 52.7 cm³/mol. The monoisotopic (exact) mass is 241 g/mol. The number of nitrogens with one attached hydrogen (secondary N) is 1. The van der Waals surface area contributed by atoms with Crippen molar-refractivity contribution in [2.24, 2.45) is 0 Å². The highest BCUT2D eigenvalue weighted by atomic mass is 19.3. The van der Waals surface area contributed by atoms with Crippen molar-refractivity contribution in [2.75, 3.05) is 19.8 Å². The van der Waals surface area contributed by atoms with Gasteiger partial charge < -0.3 is 10.1 Å². The maximum atomic E-state index is 12.4. The van der Waals surface area contributed by atoms with E-state index in [-0.39, 0.29) is 12.6 Å². The molecule has 0 saturated heterocycles. The minimum atomic E-state index is -4.10. The van der Waals surface area contributed by atoms with Crippen molar-refractivity contribution >= 4 is 0 Å². The van der Waals surface area contributed by atoms with Crippen LogP contribution in [0.4, 0.5) is 17.6 Å². The second-order valence-electron chi connectivity index (χ2n) is 3.24. The molecule has 0 rings (SSSR count). The van der Waals surface area contributed by atoms with Crippen LogP contribution in [0.15, 0.2) is 0 Å². The van der Waals surface area contributed by atoms with Crippen LogP contribution in [0.25, 0.3) is 0 Å². The Morgan fingerprint density at radius 2 is 2.06 bits per heavy atom. The van der Waals surface area contributed by atoms with E-state index in [0.29, 0.717) is 13.0 Å². The van der Waals surface area contributed by atoms with Crippen molar-refractivity contribution in [3.8, 4) is 12.3 Å². The van der Waals surface area contributed by atoms with Gasteiger partial charge in [-0.1, -0.05) is 6.92 Å². The summed E-state index contributed by atoms with van der Waals surface area (Å²) < 4.78 is 52.9. The second kappa shape index (κ2) is 7.47. The fourth-order valence-corrected chi connectivity index (χ4v) is 1.02. The van der Waals surface area contributed by atoms with Crippen molar-refractivity contribution in [3.63, 3.8) is 0 Å². The van der Waals surface area contributed by atoms with Gasteiger partial charge in [0.2, 0.25) is 0 Å². The Morgan fingerprint density at radius 1 is 1.44 bits per heavy atom. The molecule has 0 heterocycles. The Balaban J connectivity index is 3.90. The molecule has 0 saturated carbocycles. The van der Waals surface area contributed by atoms with Gasteiger partial charge in [0.15, 0.2) is 0 Å². The molecular weight excluding hydrogens is 226 g/mol. The Kier molecular flexibility index (Phi) is 7.10. The lowest BCUT2D eigenvalue weighted by Gasteiger charge is -2.19. The summed E-state index contributed by atoms with van der Waals surface area (Å²) in [6.45, 7) is 1.01. The number of ether oxygens (including phenoxy) is 1. The van der Waals surface area contributed by atoms with E-state index in [2.05, 4.69) is 16.0 Å².